The molecule has 0 unspecified atom stereocenters. The predicted molar refractivity (Wildman–Crippen MR) is 105 cm³/mol. The van der Waals surface area contributed by atoms with Crippen LogP contribution in [0.25, 0.3) is 5.69 Å². The van der Waals surface area contributed by atoms with Gasteiger partial charge in [-0.2, -0.15) is 0 Å². The molecule has 3 heterocycles. The second kappa shape index (κ2) is 7.56. The summed E-state index contributed by atoms with van der Waals surface area (Å²) in [5.74, 6) is 3.30. The minimum atomic E-state index is 0.468. The lowest BCUT2D eigenvalue weighted by Crippen LogP contribution is -2.37. The van der Waals surface area contributed by atoms with E-state index in [1.165, 1.54) is 5.56 Å². The van der Waals surface area contributed by atoms with Crippen LogP contribution in [0.15, 0.2) is 33.8 Å². The number of hydrogen-bond donors (Lipinski definition) is 0. The smallest absolute Gasteiger partial charge is 0.232 e. The van der Waals surface area contributed by atoms with Crippen LogP contribution in [0.2, 0.25) is 0 Å². The Labute approximate surface area is 167 Å². The van der Waals surface area contributed by atoms with Crippen LogP contribution in [0.1, 0.15) is 36.1 Å². The first-order valence-electron chi connectivity index (χ1n) is 9.58. The molecule has 8 nitrogen and oxygen atoms in total. The molecule has 0 bridgehead atoms. The van der Waals surface area contributed by atoms with Crippen molar-refractivity contribution in [2.75, 3.05) is 31.2 Å². The van der Waals surface area contributed by atoms with Crippen LogP contribution in [0, 0.1) is 6.92 Å². The third-order valence-electron chi connectivity index (χ3n) is 4.90. The lowest BCUT2D eigenvalue weighted by atomic mass is 10.2. The van der Waals surface area contributed by atoms with Gasteiger partial charge in [-0.15, -0.1) is 20.4 Å². The summed E-state index contributed by atoms with van der Waals surface area (Å²) < 4.78 is 13.4. The fraction of sp³-hybridized carbons (Fsp3) is 0.474. The molecule has 0 spiro atoms. The van der Waals surface area contributed by atoms with Crippen LogP contribution in [0.4, 0.5) is 5.95 Å². The van der Waals surface area contributed by atoms with Crippen LogP contribution in [-0.2, 0) is 10.5 Å². The monoisotopic (exact) mass is 398 g/mol. The minimum Gasteiger partial charge on any atom is -0.424 e. The number of hydrogen-bond acceptors (Lipinski definition) is 8. The van der Waals surface area contributed by atoms with E-state index in [4.69, 9.17) is 9.15 Å². The fourth-order valence-electron chi connectivity index (χ4n) is 3.26. The van der Waals surface area contributed by atoms with E-state index in [-0.39, 0.29) is 0 Å². The number of benzene rings is 1. The van der Waals surface area contributed by atoms with Crippen LogP contribution in [0.5, 0.6) is 0 Å². The normalized spacial score (nSPS) is 17.2. The van der Waals surface area contributed by atoms with Gasteiger partial charge in [-0.05, 0) is 37.5 Å². The predicted octanol–water partition coefficient (Wildman–Crippen LogP) is 2.97. The first-order chi connectivity index (χ1) is 13.8. The number of morpholine rings is 1. The van der Waals surface area contributed by atoms with Crippen molar-refractivity contribution < 1.29 is 9.15 Å². The summed E-state index contributed by atoms with van der Waals surface area (Å²) in [5, 5.41) is 18.1. The minimum absolute atomic E-state index is 0.468. The fourth-order valence-corrected chi connectivity index (χ4v) is 4.05. The van der Waals surface area contributed by atoms with Gasteiger partial charge >= 0.3 is 0 Å². The SMILES string of the molecule is Cc1cccc(-n2c(SCc3nnc(C4CC4)o3)nnc2N2CCOCC2)c1. The zero-order chi connectivity index (χ0) is 18.9. The molecule has 2 fully saturated rings. The van der Waals surface area contributed by atoms with Crippen molar-refractivity contribution in [2.24, 2.45) is 0 Å². The van der Waals surface area contributed by atoms with E-state index in [2.05, 4.69) is 61.1 Å². The molecule has 5 rings (SSSR count). The Morgan fingerprint density at radius 3 is 2.75 bits per heavy atom. The molecule has 2 aliphatic rings. The topological polar surface area (TPSA) is 82.1 Å². The zero-order valence-corrected chi connectivity index (χ0v) is 16.6. The Morgan fingerprint density at radius 2 is 1.96 bits per heavy atom. The van der Waals surface area contributed by atoms with E-state index in [9.17, 15) is 0 Å². The van der Waals surface area contributed by atoms with Crippen LogP contribution < -0.4 is 4.90 Å². The van der Waals surface area contributed by atoms with Crippen LogP contribution in [-0.4, -0.2) is 51.3 Å². The highest BCUT2D eigenvalue weighted by molar-refractivity contribution is 7.98. The number of rotatable bonds is 6. The average Bonchev–Trinajstić information content (AvgIpc) is 3.31. The summed E-state index contributed by atoms with van der Waals surface area (Å²) in [5.41, 5.74) is 2.25. The molecule has 2 aromatic heterocycles. The molecule has 146 valence electrons. The zero-order valence-electron chi connectivity index (χ0n) is 15.7. The highest BCUT2D eigenvalue weighted by Crippen LogP contribution is 2.39. The van der Waals surface area contributed by atoms with E-state index < -0.39 is 0 Å². The number of aromatic nitrogens is 5. The second-order valence-electron chi connectivity index (χ2n) is 7.15. The molecule has 1 saturated carbocycles. The van der Waals surface area contributed by atoms with E-state index in [1.54, 1.807) is 11.8 Å². The third kappa shape index (κ3) is 3.64. The third-order valence-corrected chi connectivity index (χ3v) is 5.82. The molecule has 28 heavy (non-hydrogen) atoms. The maximum atomic E-state index is 5.79. The number of ether oxygens (including phenoxy) is 1. The summed E-state index contributed by atoms with van der Waals surface area (Å²) in [4.78, 5) is 2.22. The quantitative estimate of drug-likeness (QED) is 0.586. The largest absolute Gasteiger partial charge is 0.424 e. The van der Waals surface area contributed by atoms with Crippen LogP contribution in [0.3, 0.4) is 0 Å². The Hall–Kier alpha value is -2.39. The number of aryl methyl sites for hydroxylation is 1. The van der Waals surface area contributed by atoms with Gasteiger partial charge in [0.2, 0.25) is 17.7 Å². The Kier molecular flexibility index (Phi) is 4.77. The van der Waals surface area contributed by atoms with Crippen molar-refractivity contribution in [1.29, 1.82) is 0 Å². The summed E-state index contributed by atoms with van der Waals surface area (Å²) in [6, 6.07) is 8.38. The lowest BCUT2D eigenvalue weighted by Gasteiger charge is -2.28. The molecule has 1 aliphatic carbocycles. The van der Waals surface area contributed by atoms with Gasteiger partial charge in [0, 0.05) is 19.0 Å². The van der Waals surface area contributed by atoms with Gasteiger partial charge in [0.1, 0.15) is 0 Å². The summed E-state index contributed by atoms with van der Waals surface area (Å²) >= 11 is 1.57. The van der Waals surface area contributed by atoms with Gasteiger partial charge < -0.3 is 14.1 Å². The van der Waals surface area contributed by atoms with Gasteiger partial charge in [-0.1, -0.05) is 23.9 Å². The van der Waals surface area contributed by atoms with Crippen molar-refractivity contribution in [2.45, 2.75) is 36.6 Å². The summed E-state index contributed by atoms with van der Waals surface area (Å²) in [6.45, 7) is 5.11. The van der Waals surface area contributed by atoms with E-state index in [0.717, 1.165) is 48.6 Å². The van der Waals surface area contributed by atoms with Crippen molar-refractivity contribution in [1.82, 2.24) is 25.0 Å². The number of anilines is 1. The summed E-state index contributed by atoms with van der Waals surface area (Å²) in [6.07, 6.45) is 2.30. The van der Waals surface area contributed by atoms with Crippen LogP contribution >= 0.6 is 11.8 Å². The van der Waals surface area contributed by atoms with Gasteiger partial charge in [-0.25, -0.2) is 0 Å². The standard InChI is InChI=1S/C19H22N6O2S/c1-13-3-2-4-15(11-13)25-18(24-7-9-26-10-8-24)22-23-19(25)28-12-16-20-21-17(27-16)14-5-6-14/h2-4,11,14H,5-10,12H2,1H3. The van der Waals surface area contributed by atoms with Gasteiger partial charge in [0.15, 0.2) is 5.16 Å². The molecule has 9 heteroatoms. The Balaban J connectivity index is 1.43. The molecule has 1 saturated heterocycles. The van der Waals surface area contributed by atoms with Gasteiger partial charge in [0.25, 0.3) is 0 Å². The highest BCUT2D eigenvalue weighted by Gasteiger charge is 2.29. The number of nitrogens with zero attached hydrogens (tertiary/aromatic N) is 6. The molecular formula is C19H22N6O2S. The van der Waals surface area contributed by atoms with Crippen molar-refractivity contribution >= 4 is 17.7 Å². The molecule has 0 amide bonds. The molecule has 1 aliphatic heterocycles. The maximum absolute atomic E-state index is 5.79. The first-order valence-corrected chi connectivity index (χ1v) is 10.6. The maximum Gasteiger partial charge on any atom is 0.232 e. The van der Waals surface area contributed by atoms with E-state index >= 15 is 0 Å². The van der Waals surface area contributed by atoms with Gasteiger partial charge in [-0.3, -0.25) is 4.57 Å². The molecule has 0 N–H and O–H groups in total. The molecule has 0 atom stereocenters. The second-order valence-corrected chi connectivity index (χ2v) is 8.10. The average molecular weight is 398 g/mol. The Morgan fingerprint density at radius 1 is 1.11 bits per heavy atom. The lowest BCUT2D eigenvalue weighted by molar-refractivity contribution is 0.122. The van der Waals surface area contributed by atoms with Gasteiger partial charge in [0.05, 0.1) is 24.7 Å². The Bertz CT molecular complexity index is 961. The van der Waals surface area contributed by atoms with Crippen molar-refractivity contribution in [3.63, 3.8) is 0 Å². The summed E-state index contributed by atoms with van der Waals surface area (Å²) in [7, 11) is 0. The first kappa shape index (κ1) is 17.7. The molecular weight excluding hydrogens is 376 g/mol. The molecule has 0 radical (unpaired) electrons. The van der Waals surface area contributed by atoms with E-state index in [1.807, 2.05) is 0 Å². The molecule has 1 aromatic carbocycles. The van der Waals surface area contributed by atoms with Crippen molar-refractivity contribution in [3.8, 4) is 5.69 Å². The van der Waals surface area contributed by atoms with E-state index in [0.29, 0.717) is 30.8 Å². The highest BCUT2D eigenvalue weighted by atomic mass is 32.2. The number of thioether (sulfide) groups is 1. The van der Waals surface area contributed by atoms with Crippen molar-refractivity contribution in [3.05, 3.63) is 41.6 Å². The molecule has 3 aromatic rings.